The molecule has 0 aliphatic rings. The van der Waals surface area contributed by atoms with Gasteiger partial charge in [0.05, 0.1) is 11.9 Å². The van der Waals surface area contributed by atoms with Gasteiger partial charge >= 0.3 is 0 Å². The van der Waals surface area contributed by atoms with Gasteiger partial charge in [0.1, 0.15) is 6.54 Å². The smallest absolute Gasteiger partial charge is 0.241 e. The van der Waals surface area contributed by atoms with Crippen molar-refractivity contribution < 1.29 is 4.79 Å². The number of hydrogen-bond acceptors (Lipinski definition) is 3. The van der Waals surface area contributed by atoms with Crippen LogP contribution in [0, 0.1) is 13.8 Å². The third kappa shape index (κ3) is 3.85. The molecule has 106 valence electrons. The van der Waals surface area contributed by atoms with Crippen molar-refractivity contribution in [3.05, 3.63) is 47.3 Å². The molecule has 20 heavy (non-hydrogen) atoms. The molecule has 0 saturated carbocycles. The van der Waals surface area contributed by atoms with Crippen LogP contribution in [0.5, 0.6) is 0 Å². The maximum atomic E-state index is 11.3. The summed E-state index contributed by atoms with van der Waals surface area (Å²) in [4.78, 5) is 11.3. The summed E-state index contributed by atoms with van der Waals surface area (Å²) in [5.41, 5.74) is 4.67. The molecule has 0 saturated heterocycles. The fraction of sp³-hybridized carbons (Fsp3) is 0.333. The fourth-order valence-electron chi connectivity index (χ4n) is 2.14. The van der Waals surface area contributed by atoms with E-state index in [0.717, 1.165) is 12.2 Å². The number of likely N-dealkylation sites (N-methyl/N-ethyl adjacent to an activating group) is 1. The zero-order valence-corrected chi connectivity index (χ0v) is 12.1. The van der Waals surface area contributed by atoms with E-state index < -0.39 is 0 Å². The van der Waals surface area contributed by atoms with Gasteiger partial charge in [0, 0.05) is 19.8 Å². The molecule has 0 aliphatic heterocycles. The Morgan fingerprint density at radius 1 is 1.25 bits per heavy atom. The summed E-state index contributed by atoms with van der Waals surface area (Å²) in [6.45, 7) is 5.17. The van der Waals surface area contributed by atoms with Crippen molar-refractivity contribution in [1.82, 2.24) is 15.1 Å². The molecule has 2 aromatic rings. The number of amides is 1. The van der Waals surface area contributed by atoms with Crippen LogP contribution in [0.3, 0.4) is 0 Å². The van der Waals surface area contributed by atoms with E-state index >= 15 is 0 Å². The highest BCUT2D eigenvalue weighted by molar-refractivity contribution is 5.75. The molecule has 5 nitrogen and oxygen atoms in total. The predicted octanol–water partition coefficient (Wildman–Crippen LogP) is 1.86. The van der Waals surface area contributed by atoms with Crippen molar-refractivity contribution in [2.45, 2.75) is 26.9 Å². The maximum Gasteiger partial charge on any atom is 0.241 e. The summed E-state index contributed by atoms with van der Waals surface area (Å²) in [6.07, 6.45) is 3.56. The number of rotatable bonds is 5. The van der Waals surface area contributed by atoms with Crippen LogP contribution in [0.4, 0.5) is 5.69 Å². The van der Waals surface area contributed by atoms with Crippen LogP contribution in [0.15, 0.2) is 30.6 Å². The number of anilines is 1. The topological polar surface area (TPSA) is 59.0 Å². The fourth-order valence-corrected chi connectivity index (χ4v) is 2.14. The summed E-state index contributed by atoms with van der Waals surface area (Å²) < 4.78 is 1.61. The predicted molar refractivity (Wildman–Crippen MR) is 79.5 cm³/mol. The molecule has 2 N–H and O–H groups in total. The van der Waals surface area contributed by atoms with E-state index in [-0.39, 0.29) is 12.5 Å². The largest absolute Gasteiger partial charge is 0.378 e. The number of carbonyl (C=O) groups is 1. The Hall–Kier alpha value is -2.30. The molecule has 5 heteroatoms. The molecule has 0 fully saturated rings. The Morgan fingerprint density at radius 2 is 1.95 bits per heavy atom. The first kappa shape index (κ1) is 14.1. The zero-order valence-electron chi connectivity index (χ0n) is 12.1. The van der Waals surface area contributed by atoms with Gasteiger partial charge in [0.2, 0.25) is 5.91 Å². The Balaban J connectivity index is 1.95. The summed E-state index contributed by atoms with van der Waals surface area (Å²) >= 11 is 0. The highest BCUT2D eigenvalue weighted by Crippen LogP contribution is 2.12. The molecule has 0 spiro atoms. The summed E-state index contributed by atoms with van der Waals surface area (Å²) in [5, 5.41) is 10.0. The van der Waals surface area contributed by atoms with Crippen molar-refractivity contribution in [3.63, 3.8) is 0 Å². The lowest BCUT2D eigenvalue weighted by atomic mass is 10.1. The SMILES string of the molecule is CNC(=O)Cn1cc(NCc2cc(C)cc(C)c2)cn1. The van der Waals surface area contributed by atoms with E-state index in [1.807, 2.05) is 6.20 Å². The molecular formula is C15H20N4O. The highest BCUT2D eigenvalue weighted by Gasteiger charge is 2.03. The number of hydrogen-bond donors (Lipinski definition) is 2. The molecule has 2 rings (SSSR count). The van der Waals surface area contributed by atoms with Crippen molar-refractivity contribution in [1.29, 1.82) is 0 Å². The second kappa shape index (κ2) is 6.23. The molecule has 0 radical (unpaired) electrons. The Morgan fingerprint density at radius 3 is 2.60 bits per heavy atom. The van der Waals surface area contributed by atoms with E-state index in [4.69, 9.17) is 0 Å². The molecule has 1 aromatic heterocycles. The van der Waals surface area contributed by atoms with Crippen molar-refractivity contribution in [2.24, 2.45) is 0 Å². The van der Waals surface area contributed by atoms with Crippen LogP contribution < -0.4 is 10.6 Å². The zero-order chi connectivity index (χ0) is 14.5. The van der Waals surface area contributed by atoms with Gasteiger partial charge in [-0.3, -0.25) is 9.48 Å². The van der Waals surface area contributed by atoms with Crippen molar-refractivity contribution in [2.75, 3.05) is 12.4 Å². The van der Waals surface area contributed by atoms with Crippen molar-refractivity contribution >= 4 is 11.6 Å². The average Bonchev–Trinajstić information content (AvgIpc) is 2.83. The average molecular weight is 272 g/mol. The van der Waals surface area contributed by atoms with Crippen LogP contribution >= 0.6 is 0 Å². The highest BCUT2D eigenvalue weighted by atomic mass is 16.1. The van der Waals surface area contributed by atoms with E-state index in [1.165, 1.54) is 16.7 Å². The lowest BCUT2D eigenvalue weighted by molar-refractivity contribution is -0.121. The van der Waals surface area contributed by atoms with Gasteiger partial charge in [-0.15, -0.1) is 0 Å². The normalized spacial score (nSPS) is 10.3. The second-order valence-corrected chi connectivity index (χ2v) is 4.95. The molecule has 1 aromatic carbocycles. The Kier molecular flexibility index (Phi) is 4.40. The Labute approximate surface area is 119 Å². The molecule has 0 aliphatic carbocycles. The van der Waals surface area contributed by atoms with Gasteiger partial charge in [-0.25, -0.2) is 0 Å². The first-order valence-corrected chi connectivity index (χ1v) is 6.61. The summed E-state index contributed by atoms with van der Waals surface area (Å²) in [7, 11) is 1.62. The van der Waals surface area contributed by atoms with Crippen molar-refractivity contribution in [3.8, 4) is 0 Å². The quantitative estimate of drug-likeness (QED) is 0.873. The van der Waals surface area contributed by atoms with Gasteiger partial charge in [-0.05, 0) is 19.4 Å². The summed E-state index contributed by atoms with van der Waals surface area (Å²) in [6, 6.07) is 6.48. The number of aryl methyl sites for hydroxylation is 2. The van der Waals surface area contributed by atoms with Gasteiger partial charge in [-0.2, -0.15) is 5.10 Å². The number of nitrogens with one attached hydrogen (secondary N) is 2. The Bertz CT molecular complexity index is 583. The molecule has 1 heterocycles. The molecular weight excluding hydrogens is 252 g/mol. The minimum absolute atomic E-state index is 0.0611. The molecule has 1 amide bonds. The number of aromatic nitrogens is 2. The van der Waals surface area contributed by atoms with E-state index in [9.17, 15) is 4.79 Å². The molecule has 0 atom stereocenters. The number of nitrogens with zero attached hydrogens (tertiary/aromatic N) is 2. The van der Waals surface area contributed by atoms with E-state index in [1.54, 1.807) is 17.9 Å². The minimum Gasteiger partial charge on any atom is -0.378 e. The number of benzene rings is 1. The molecule has 0 bridgehead atoms. The third-order valence-electron chi connectivity index (χ3n) is 3.00. The lowest BCUT2D eigenvalue weighted by Crippen LogP contribution is -2.23. The van der Waals surface area contributed by atoms with Gasteiger partial charge in [0.15, 0.2) is 0 Å². The molecule has 0 unspecified atom stereocenters. The first-order valence-electron chi connectivity index (χ1n) is 6.61. The monoisotopic (exact) mass is 272 g/mol. The first-order chi connectivity index (χ1) is 9.56. The number of carbonyl (C=O) groups excluding carboxylic acids is 1. The van der Waals surface area contributed by atoms with Gasteiger partial charge in [-0.1, -0.05) is 29.3 Å². The lowest BCUT2D eigenvalue weighted by Gasteiger charge is -2.06. The van der Waals surface area contributed by atoms with Gasteiger partial charge in [0.25, 0.3) is 0 Å². The summed E-state index contributed by atoms with van der Waals surface area (Å²) in [5.74, 6) is -0.0611. The van der Waals surface area contributed by atoms with Gasteiger partial charge < -0.3 is 10.6 Å². The van der Waals surface area contributed by atoms with Crippen LogP contribution in [-0.4, -0.2) is 22.7 Å². The minimum atomic E-state index is -0.0611. The third-order valence-corrected chi connectivity index (χ3v) is 3.00. The van der Waals surface area contributed by atoms with Crippen LogP contribution in [0.1, 0.15) is 16.7 Å². The second-order valence-electron chi connectivity index (χ2n) is 4.95. The maximum absolute atomic E-state index is 11.3. The van der Waals surface area contributed by atoms with Crippen LogP contribution in [0.25, 0.3) is 0 Å². The van der Waals surface area contributed by atoms with Crippen LogP contribution in [-0.2, 0) is 17.9 Å². The van der Waals surface area contributed by atoms with Crippen LogP contribution in [0.2, 0.25) is 0 Å². The van der Waals surface area contributed by atoms with E-state index in [2.05, 4.69) is 47.8 Å². The standard InChI is InChI=1S/C15H20N4O/c1-11-4-12(2)6-13(5-11)7-17-14-8-18-19(9-14)10-15(20)16-3/h4-6,8-9,17H,7,10H2,1-3H3,(H,16,20). The van der Waals surface area contributed by atoms with E-state index in [0.29, 0.717) is 0 Å².